The number of carbonyl (C=O) groups is 1. The molecule has 8 heteroatoms. The quantitative estimate of drug-likeness (QED) is 0.504. The van der Waals surface area contributed by atoms with Gasteiger partial charge in [0.25, 0.3) is 0 Å². The van der Waals surface area contributed by atoms with Crippen LogP contribution in [-0.2, 0) is 0 Å². The Labute approximate surface area is 149 Å². The van der Waals surface area contributed by atoms with E-state index in [1.165, 1.54) is 19.2 Å². The first-order valence-electron chi connectivity index (χ1n) is 7.04. The lowest BCUT2D eigenvalue weighted by Crippen LogP contribution is -2.12. The maximum absolute atomic E-state index is 11.6. The molecular weight excluding hydrogens is 392 g/mol. The van der Waals surface area contributed by atoms with Gasteiger partial charge in [-0.3, -0.25) is 0 Å². The average Bonchev–Trinajstić information content (AvgIpc) is 2.59. The SMILES string of the molecule is COc1cc(Br)ccc1N=Nc1ccc2oc(=O)c(C(=O)O)cc2c1. The van der Waals surface area contributed by atoms with Gasteiger partial charge in [-0.05, 0) is 42.5 Å². The molecule has 0 spiro atoms. The molecule has 1 N–H and O–H groups in total. The van der Waals surface area contributed by atoms with E-state index in [4.69, 9.17) is 14.3 Å². The second kappa shape index (κ2) is 6.86. The molecule has 7 nitrogen and oxygen atoms in total. The molecule has 3 aromatic rings. The van der Waals surface area contributed by atoms with Crippen molar-refractivity contribution >= 4 is 44.2 Å². The van der Waals surface area contributed by atoms with Gasteiger partial charge < -0.3 is 14.3 Å². The number of fused-ring (bicyclic) bond motifs is 1. The third kappa shape index (κ3) is 3.58. The van der Waals surface area contributed by atoms with Crippen molar-refractivity contribution in [2.45, 2.75) is 0 Å². The van der Waals surface area contributed by atoms with Crippen LogP contribution in [0.1, 0.15) is 10.4 Å². The summed E-state index contributed by atoms with van der Waals surface area (Å²) in [6, 6.07) is 11.3. The third-order valence-electron chi connectivity index (χ3n) is 3.36. The van der Waals surface area contributed by atoms with E-state index in [1.54, 1.807) is 24.3 Å². The number of hydrogen-bond acceptors (Lipinski definition) is 6. The summed E-state index contributed by atoms with van der Waals surface area (Å²) in [6.07, 6.45) is 0. The molecule has 0 aliphatic heterocycles. The maximum Gasteiger partial charge on any atom is 0.351 e. The van der Waals surface area contributed by atoms with Crippen LogP contribution in [0.3, 0.4) is 0 Å². The molecule has 0 saturated heterocycles. The highest BCUT2D eigenvalue weighted by atomic mass is 79.9. The highest BCUT2D eigenvalue weighted by Crippen LogP contribution is 2.32. The summed E-state index contributed by atoms with van der Waals surface area (Å²) >= 11 is 3.35. The van der Waals surface area contributed by atoms with Crippen molar-refractivity contribution in [3.63, 3.8) is 0 Å². The van der Waals surface area contributed by atoms with Gasteiger partial charge in [-0.2, -0.15) is 5.11 Å². The van der Waals surface area contributed by atoms with Gasteiger partial charge in [0.1, 0.15) is 22.6 Å². The number of carboxylic acid groups (broad SMARTS) is 1. The van der Waals surface area contributed by atoms with Crippen LogP contribution in [0, 0.1) is 0 Å². The van der Waals surface area contributed by atoms with Crippen molar-refractivity contribution in [1.82, 2.24) is 0 Å². The Morgan fingerprint density at radius 1 is 1.16 bits per heavy atom. The molecule has 0 unspecified atom stereocenters. The lowest BCUT2D eigenvalue weighted by molar-refractivity contribution is 0.0692. The van der Waals surface area contributed by atoms with Crippen molar-refractivity contribution in [3.8, 4) is 5.75 Å². The van der Waals surface area contributed by atoms with E-state index in [9.17, 15) is 9.59 Å². The summed E-state index contributed by atoms with van der Waals surface area (Å²) in [5.74, 6) is -0.791. The zero-order chi connectivity index (χ0) is 18.0. The van der Waals surface area contributed by atoms with Crippen LogP contribution >= 0.6 is 15.9 Å². The molecule has 0 amide bonds. The van der Waals surface area contributed by atoms with E-state index in [-0.39, 0.29) is 5.58 Å². The van der Waals surface area contributed by atoms with Gasteiger partial charge in [-0.15, -0.1) is 5.11 Å². The van der Waals surface area contributed by atoms with E-state index >= 15 is 0 Å². The third-order valence-corrected chi connectivity index (χ3v) is 3.85. The lowest BCUT2D eigenvalue weighted by Gasteiger charge is -2.03. The zero-order valence-corrected chi connectivity index (χ0v) is 14.5. The summed E-state index contributed by atoms with van der Waals surface area (Å²) in [5.41, 5.74) is -0.0420. The first kappa shape index (κ1) is 16.8. The number of rotatable bonds is 4. The molecule has 0 aliphatic rings. The van der Waals surface area contributed by atoms with Gasteiger partial charge in [-0.1, -0.05) is 15.9 Å². The highest BCUT2D eigenvalue weighted by molar-refractivity contribution is 9.10. The van der Waals surface area contributed by atoms with Gasteiger partial charge in [0.15, 0.2) is 0 Å². The molecular formula is C17H11BrN2O5. The summed E-state index contributed by atoms with van der Waals surface area (Å²) < 4.78 is 11.1. The van der Waals surface area contributed by atoms with Crippen molar-refractivity contribution in [3.05, 3.63) is 62.9 Å². The van der Waals surface area contributed by atoms with Crippen molar-refractivity contribution in [2.75, 3.05) is 7.11 Å². The largest absolute Gasteiger partial charge is 0.494 e. The fraction of sp³-hybridized carbons (Fsp3) is 0.0588. The second-order valence-electron chi connectivity index (χ2n) is 4.99. The first-order chi connectivity index (χ1) is 12.0. The molecule has 1 heterocycles. The molecule has 0 aliphatic carbocycles. The van der Waals surface area contributed by atoms with E-state index in [2.05, 4.69) is 26.2 Å². The number of azo groups is 1. The van der Waals surface area contributed by atoms with Crippen LogP contribution in [0.15, 0.2) is 66.4 Å². The van der Waals surface area contributed by atoms with Gasteiger partial charge >= 0.3 is 11.6 Å². The number of carboxylic acids is 1. The smallest absolute Gasteiger partial charge is 0.351 e. The van der Waals surface area contributed by atoms with Crippen LogP contribution < -0.4 is 10.4 Å². The molecule has 1 aromatic heterocycles. The Morgan fingerprint density at radius 2 is 1.96 bits per heavy atom. The zero-order valence-electron chi connectivity index (χ0n) is 12.9. The molecule has 126 valence electrons. The number of benzene rings is 2. The number of hydrogen-bond donors (Lipinski definition) is 1. The Morgan fingerprint density at radius 3 is 2.68 bits per heavy atom. The predicted octanol–water partition coefficient (Wildman–Crippen LogP) is 4.68. The number of nitrogens with zero attached hydrogens (tertiary/aromatic N) is 2. The highest BCUT2D eigenvalue weighted by Gasteiger charge is 2.12. The number of aromatic carboxylic acids is 1. The standard InChI is InChI=1S/C17H11BrN2O5/c1-24-15-8-10(18)2-4-13(15)20-19-11-3-5-14-9(6-11)7-12(16(21)22)17(23)25-14/h2-8H,1H3,(H,21,22). The Kier molecular flexibility index (Phi) is 4.62. The van der Waals surface area contributed by atoms with Crippen LogP contribution in [0.25, 0.3) is 11.0 Å². The second-order valence-corrected chi connectivity index (χ2v) is 5.91. The van der Waals surface area contributed by atoms with Crippen LogP contribution in [0.4, 0.5) is 11.4 Å². The Hall–Kier alpha value is -3.00. The fourth-order valence-corrected chi connectivity index (χ4v) is 2.51. The predicted molar refractivity (Wildman–Crippen MR) is 94.3 cm³/mol. The molecule has 0 saturated carbocycles. The van der Waals surface area contributed by atoms with Gasteiger partial charge in [0.2, 0.25) is 0 Å². The number of ether oxygens (including phenoxy) is 1. The van der Waals surface area contributed by atoms with Crippen LogP contribution in [0.5, 0.6) is 5.75 Å². The monoisotopic (exact) mass is 402 g/mol. The van der Waals surface area contributed by atoms with E-state index in [0.29, 0.717) is 22.5 Å². The molecule has 0 radical (unpaired) electrons. The lowest BCUT2D eigenvalue weighted by atomic mass is 10.1. The molecule has 0 atom stereocenters. The summed E-state index contributed by atoms with van der Waals surface area (Å²) in [7, 11) is 1.53. The molecule has 2 aromatic carbocycles. The maximum atomic E-state index is 11.6. The Balaban J connectivity index is 2.01. The van der Waals surface area contributed by atoms with Gasteiger partial charge in [-0.25, -0.2) is 9.59 Å². The van der Waals surface area contributed by atoms with Crippen LogP contribution in [0.2, 0.25) is 0 Å². The normalized spacial score (nSPS) is 11.1. The van der Waals surface area contributed by atoms with Crippen molar-refractivity contribution in [2.24, 2.45) is 10.2 Å². The number of halogens is 1. The minimum Gasteiger partial charge on any atom is -0.494 e. The van der Waals surface area contributed by atoms with Gasteiger partial charge in [0, 0.05) is 9.86 Å². The fourth-order valence-electron chi connectivity index (χ4n) is 2.17. The topological polar surface area (TPSA) is 101 Å². The van der Waals surface area contributed by atoms with E-state index in [1.807, 2.05) is 6.07 Å². The van der Waals surface area contributed by atoms with Crippen molar-refractivity contribution < 1.29 is 19.1 Å². The molecule has 25 heavy (non-hydrogen) atoms. The average molecular weight is 403 g/mol. The van der Waals surface area contributed by atoms with Crippen molar-refractivity contribution in [1.29, 1.82) is 0 Å². The summed E-state index contributed by atoms with van der Waals surface area (Å²) in [5, 5.41) is 17.7. The molecule has 0 bridgehead atoms. The number of methoxy groups -OCH3 is 1. The molecule has 0 fully saturated rings. The van der Waals surface area contributed by atoms with E-state index < -0.39 is 17.2 Å². The first-order valence-corrected chi connectivity index (χ1v) is 7.84. The minimum absolute atomic E-state index is 0.273. The molecule has 3 rings (SSSR count). The Bertz CT molecular complexity index is 1060. The van der Waals surface area contributed by atoms with Gasteiger partial charge in [0.05, 0.1) is 12.8 Å². The van der Waals surface area contributed by atoms with Crippen LogP contribution in [-0.4, -0.2) is 18.2 Å². The van der Waals surface area contributed by atoms with E-state index in [0.717, 1.165) is 4.47 Å². The minimum atomic E-state index is -1.35. The summed E-state index contributed by atoms with van der Waals surface area (Å²) in [4.78, 5) is 22.6. The summed E-state index contributed by atoms with van der Waals surface area (Å²) in [6.45, 7) is 0.